The highest BCUT2D eigenvalue weighted by atomic mass is 15.1. The molecule has 3 heteroatoms. The fourth-order valence-electron chi connectivity index (χ4n) is 3.14. The van der Waals surface area contributed by atoms with Gasteiger partial charge in [0.15, 0.2) is 0 Å². The molecule has 0 saturated carbocycles. The number of nitrogen functional groups attached to an aromatic ring is 2. The van der Waals surface area contributed by atoms with Crippen molar-refractivity contribution in [1.29, 1.82) is 0 Å². The monoisotopic (exact) mass is 281 g/mol. The third-order valence-electron chi connectivity index (χ3n) is 4.39. The summed E-state index contributed by atoms with van der Waals surface area (Å²) >= 11 is 0. The Balaban J connectivity index is 1.69. The molecule has 1 atom stereocenters. The van der Waals surface area contributed by atoms with Crippen LogP contribution in [-0.4, -0.2) is 13.1 Å². The highest BCUT2D eigenvalue weighted by Gasteiger charge is 2.18. The molecule has 1 fully saturated rings. The molecular formula is C18H23N3. The molecule has 0 aromatic heterocycles. The number of anilines is 3. The van der Waals surface area contributed by atoms with E-state index < -0.39 is 0 Å². The van der Waals surface area contributed by atoms with Gasteiger partial charge in [0, 0.05) is 30.2 Å². The Morgan fingerprint density at radius 3 is 2.05 bits per heavy atom. The highest BCUT2D eigenvalue weighted by Crippen LogP contribution is 2.30. The second kappa shape index (κ2) is 6.08. The lowest BCUT2D eigenvalue weighted by atomic mass is 9.92. The first-order valence-corrected chi connectivity index (χ1v) is 7.68. The zero-order valence-corrected chi connectivity index (χ0v) is 12.3. The van der Waals surface area contributed by atoms with Gasteiger partial charge in [-0.3, -0.25) is 0 Å². The molecular weight excluding hydrogens is 258 g/mol. The summed E-state index contributed by atoms with van der Waals surface area (Å²) in [5.41, 5.74) is 15.9. The standard InChI is InChI=1S/C18H23N3/c19-16-5-3-15(4-6-16)14-2-1-12-21(13-11-14)18-9-7-17(20)8-10-18/h3-10,14H,1-2,11-13,19-20H2. The van der Waals surface area contributed by atoms with Gasteiger partial charge in [-0.1, -0.05) is 12.1 Å². The zero-order chi connectivity index (χ0) is 14.7. The minimum absolute atomic E-state index is 0.643. The number of nitrogens with two attached hydrogens (primary N) is 2. The van der Waals surface area contributed by atoms with Crippen LogP contribution in [0.3, 0.4) is 0 Å². The van der Waals surface area contributed by atoms with Gasteiger partial charge < -0.3 is 16.4 Å². The van der Waals surface area contributed by atoms with Crippen molar-refractivity contribution in [3.8, 4) is 0 Å². The smallest absolute Gasteiger partial charge is 0.0367 e. The summed E-state index contributed by atoms with van der Waals surface area (Å²) in [5, 5.41) is 0. The molecule has 3 nitrogen and oxygen atoms in total. The van der Waals surface area contributed by atoms with Crippen LogP contribution in [0.15, 0.2) is 48.5 Å². The molecule has 3 rings (SSSR count). The molecule has 2 aromatic carbocycles. The van der Waals surface area contributed by atoms with Crippen LogP contribution >= 0.6 is 0 Å². The molecule has 4 N–H and O–H groups in total. The summed E-state index contributed by atoms with van der Waals surface area (Å²) in [4.78, 5) is 2.47. The van der Waals surface area contributed by atoms with Crippen LogP contribution in [0.1, 0.15) is 30.7 Å². The van der Waals surface area contributed by atoms with Crippen molar-refractivity contribution in [1.82, 2.24) is 0 Å². The van der Waals surface area contributed by atoms with E-state index in [4.69, 9.17) is 11.5 Å². The fraction of sp³-hybridized carbons (Fsp3) is 0.333. The van der Waals surface area contributed by atoms with E-state index in [9.17, 15) is 0 Å². The maximum atomic E-state index is 5.78. The summed E-state index contributed by atoms with van der Waals surface area (Å²) in [5.74, 6) is 0.643. The van der Waals surface area contributed by atoms with E-state index >= 15 is 0 Å². The van der Waals surface area contributed by atoms with Gasteiger partial charge in [0.05, 0.1) is 0 Å². The van der Waals surface area contributed by atoms with E-state index in [0.717, 1.165) is 24.5 Å². The van der Waals surface area contributed by atoms with Gasteiger partial charge in [-0.25, -0.2) is 0 Å². The normalized spacial score (nSPS) is 19.2. The van der Waals surface area contributed by atoms with Crippen molar-refractivity contribution in [2.75, 3.05) is 29.5 Å². The molecule has 1 aliphatic rings. The van der Waals surface area contributed by atoms with Gasteiger partial charge in [0.1, 0.15) is 0 Å². The average Bonchev–Trinajstić information content (AvgIpc) is 2.75. The van der Waals surface area contributed by atoms with Crippen LogP contribution in [0, 0.1) is 0 Å². The van der Waals surface area contributed by atoms with Gasteiger partial charge in [-0.2, -0.15) is 0 Å². The van der Waals surface area contributed by atoms with Crippen molar-refractivity contribution < 1.29 is 0 Å². The predicted octanol–water partition coefficient (Wildman–Crippen LogP) is 3.63. The summed E-state index contributed by atoms with van der Waals surface area (Å²) in [6.45, 7) is 2.22. The fourth-order valence-corrected chi connectivity index (χ4v) is 3.14. The molecule has 0 amide bonds. The Bertz CT molecular complexity index is 521. The first kappa shape index (κ1) is 13.8. The van der Waals surface area contributed by atoms with Crippen molar-refractivity contribution in [2.24, 2.45) is 0 Å². The van der Waals surface area contributed by atoms with Crippen LogP contribution < -0.4 is 16.4 Å². The largest absolute Gasteiger partial charge is 0.399 e. The van der Waals surface area contributed by atoms with E-state index in [1.165, 1.54) is 30.5 Å². The van der Waals surface area contributed by atoms with E-state index in [0.29, 0.717) is 5.92 Å². The molecule has 0 aliphatic carbocycles. The first-order chi connectivity index (χ1) is 10.2. The van der Waals surface area contributed by atoms with Gasteiger partial charge in [0.2, 0.25) is 0 Å². The topological polar surface area (TPSA) is 55.3 Å². The molecule has 1 aliphatic heterocycles. The highest BCUT2D eigenvalue weighted by molar-refractivity contribution is 5.53. The third-order valence-corrected chi connectivity index (χ3v) is 4.39. The Kier molecular flexibility index (Phi) is 4.00. The maximum absolute atomic E-state index is 5.78. The van der Waals surface area contributed by atoms with Crippen LogP contribution in [0.4, 0.5) is 17.1 Å². The quantitative estimate of drug-likeness (QED) is 0.827. The molecule has 2 aromatic rings. The Morgan fingerprint density at radius 2 is 1.38 bits per heavy atom. The van der Waals surface area contributed by atoms with Crippen LogP contribution in [0.2, 0.25) is 0 Å². The third kappa shape index (κ3) is 3.30. The summed E-state index contributed by atoms with van der Waals surface area (Å²) in [6, 6.07) is 16.6. The predicted molar refractivity (Wildman–Crippen MR) is 90.5 cm³/mol. The summed E-state index contributed by atoms with van der Waals surface area (Å²) in [7, 11) is 0. The van der Waals surface area contributed by atoms with Crippen molar-refractivity contribution in [2.45, 2.75) is 25.2 Å². The zero-order valence-electron chi connectivity index (χ0n) is 12.3. The minimum atomic E-state index is 0.643. The second-order valence-corrected chi connectivity index (χ2v) is 5.87. The van der Waals surface area contributed by atoms with Crippen LogP contribution in [0.5, 0.6) is 0 Å². The number of benzene rings is 2. The van der Waals surface area contributed by atoms with Gasteiger partial charge in [-0.15, -0.1) is 0 Å². The van der Waals surface area contributed by atoms with E-state index in [-0.39, 0.29) is 0 Å². The molecule has 0 radical (unpaired) electrons. The maximum Gasteiger partial charge on any atom is 0.0367 e. The van der Waals surface area contributed by atoms with Crippen molar-refractivity contribution >= 4 is 17.1 Å². The van der Waals surface area contributed by atoms with Crippen molar-refractivity contribution in [3.63, 3.8) is 0 Å². The van der Waals surface area contributed by atoms with Crippen molar-refractivity contribution in [3.05, 3.63) is 54.1 Å². The summed E-state index contributed by atoms with van der Waals surface area (Å²) in [6.07, 6.45) is 3.66. The van der Waals surface area contributed by atoms with Gasteiger partial charge >= 0.3 is 0 Å². The van der Waals surface area contributed by atoms with E-state index in [1.54, 1.807) is 0 Å². The lowest BCUT2D eigenvalue weighted by molar-refractivity contribution is 0.612. The molecule has 21 heavy (non-hydrogen) atoms. The lowest BCUT2D eigenvalue weighted by Crippen LogP contribution is -2.23. The lowest BCUT2D eigenvalue weighted by Gasteiger charge is -2.23. The summed E-state index contributed by atoms with van der Waals surface area (Å²) < 4.78 is 0. The SMILES string of the molecule is Nc1ccc(C2CCCN(c3ccc(N)cc3)CC2)cc1. The van der Waals surface area contributed by atoms with E-state index in [2.05, 4.69) is 29.2 Å². The Morgan fingerprint density at radius 1 is 0.762 bits per heavy atom. The number of hydrogen-bond acceptors (Lipinski definition) is 3. The van der Waals surface area contributed by atoms with Gasteiger partial charge in [0.25, 0.3) is 0 Å². The molecule has 1 saturated heterocycles. The molecule has 1 unspecified atom stereocenters. The Hall–Kier alpha value is -2.16. The Labute approximate surface area is 126 Å². The molecule has 110 valence electrons. The average molecular weight is 281 g/mol. The van der Waals surface area contributed by atoms with Crippen LogP contribution in [-0.2, 0) is 0 Å². The van der Waals surface area contributed by atoms with E-state index in [1.807, 2.05) is 24.3 Å². The van der Waals surface area contributed by atoms with Crippen LogP contribution in [0.25, 0.3) is 0 Å². The number of hydrogen-bond donors (Lipinski definition) is 2. The first-order valence-electron chi connectivity index (χ1n) is 7.68. The van der Waals surface area contributed by atoms with Gasteiger partial charge in [-0.05, 0) is 67.1 Å². The molecule has 0 bridgehead atoms. The molecule has 1 heterocycles. The number of rotatable bonds is 2. The second-order valence-electron chi connectivity index (χ2n) is 5.87. The molecule has 0 spiro atoms. The number of nitrogens with zero attached hydrogens (tertiary/aromatic N) is 1. The minimum Gasteiger partial charge on any atom is -0.399 e.